The van der Waals surface area contributed by atoms with Crippen molar-refractivity contribution in [1.82, 2.24) is 0 Å². The Morgan fingerprint density at radius 2 is 2.08 bits per heavy atom. The number of hydrogen-bond acceptors (Lipinski definition) is 3. The molecular weight excluding hydrogens is 291 g/mol. The Kier molecular flexibility index (Phi) is 7.36. The summed E-state index contributed by atoms with van der Waals surface area (Å²) in [5.74, 6) is -1.02. The van der Waals surface area contributed by atoms with Gasteiger partial charge in [-0.1, -0.05) is 6.07 Å². The van der Waals surface area contributed by atoms with E-state index in [1.54, 1.807) is 6.07 Å². The monoisotopic (exact) mass is 306 g/mol. The SMILES string of the molecule is O=C([O-])Cc1cccs1.[CH3][Sn+]([CH3])[CH3]. The topological polar surface area (TPSA) is 40.1 Å². The maximum absolute atomic E-state index is 9.96. The third-order valence-corrected chi connectivity index (χ3v) is 1.78. The number of carbonyl (C=O) groups is 1. The predicted molar refractivity (Wildman–Crippen MR) is 56.4 cm³/mol. The van der Waals surface area contributed by atoms with Crippen LogP contribution in [-0.2, 0) is 11.2 Å². The predicted octanol–water partition coefficient (Wildman–Crippen LogP) is 1.41. The van der Waals surface area contributed by atoms with Gasteiger partial charge < -0.3 is 9.90 Å². The zero-order chi connectivity index (χ0) is 10.3. The summed E-state index contributed by atoms with van der Waals surface area (Å²) in [4.78, 5) is 17.9. The van der Waals surface area contributed by atoms with Crippen LogP contribution in [0.5, 0.6) is 0 Å². The minimum atomic E-state index is -1.02. The second-order valence-electron chi connectivity index (χ2n) is 3.13. The zero-order valence-electron chi connectivity index (χ0n) is 8.16. The number of carboxylic acid groups (broad SMARTS) is 1. The van der Waals surface area contributed by atoms with E-state index in [2.05, 4.69) is 14.8 Å². The van der Waals surface area contributed by atoms with E-state index in [9.17, 15) is 9.90 Å². The van der Waals surface area contributed by atoms with Gasteiger partial charge in [-0.25, -0.2) is 0 Å². The summed E-state index contributed by atoms with van der Waals surface area (Å²) in [5, 5.41) is 11.8. The molecule has 0 bridgehead atoms. The van der Waals surface area contributed by atoms with Crippen LogP contribution in [0.2, 0.25) is 14.8 Å². The first-order chi connectivity index (χ1) is 6.02. The van der Waals surface area contributed by atoms with Crippen molar-refractivity contribution in [3.05, 3.63) is 22.4 Å². The van der Waals surface area contributed by atoms with E-state index in [4.69, 9.17) is 0 Å². The van der Waals surface area contributed by atoms with Crippen LogP contribution in [0, 0.1) is 0 Å². The molecule has 0 amide bonds. The summed E-state index contributed by atoms with van der Waals surface area (Å²) < 4.78 is 0. The van der Waals surface area contributed by atoms with Gasteiger partial charge in [-0.3, -0.25) is 0 Å². The molecule has 0 fully saturated rings. The third-order valence-electron chi connectivity index (χ3n) is 0.899. The first kappa shape index (κ1) is 13.0. The van der Waals surface area contributed by atoms with Gasteiger partial charge in [0.2, 0.25) is 0 Å². The van der Waals surface area contributed by atoms with E-state index in [0.717, 1.165) is 4.88 Å². The number of carbonyl (C=O) groups excluding carboxylic acids is 1. The van der Waals surface area contributed by atoms with Gasteiger partial charge in [-0.2, -0.15) is 0 Å². The summed E-state index contributed by atoms with van der Waals surface area (Å²) in [7, 11) is 0. The molecule has 1 aromatic heterocycles. The summed E-state index contributed by atoms with van der Waals surface area (Å²) in [6, 6.07) is 3.60. The average Bonchev–Trinajstić information content (AvgIpc) is 2.36. The summed E-state index contributed by atoms with van der Waals surface area (Å²) in [6.07, 6.45) is 0.0394. The van der Waals surface area contributed by atoms with Gasteiger partial charge in [0.1, 0.15) is 0 Å². The van der Waals surface area contributed by atoms with Crippen molar-refractivity contribution in [3.8, 4) is 0 Å². The van der Waals surface area contributed by atoms with Gasteiger partial charge in [0.05, 0.1) is 0 Å². The van der Waals surface area contributed by atoms with E-state index in [1.165, 1.54) is 11.3 Å². The average molecular weight is 305 g/mol. The molecule has 0 N–H and O–H groups in total. The third kappa shape index (κ3) is 9.89. The van der Waals surface area contributed by atoms with Crippen LogP contribution in [-0.4, -0.2) is 25.7 Å². The number of aliphatic carboxylic acids is 1. The van der Waals surface area contributed by atoms with Crippen molar-refractivity contribution in [2.45, 2.75) is 21.2 Å². The van der Waals surface area contributed by atoms with E-state index < -0.39 is 25.7 Å². The second-order valence-corrected chi connectivity index (χ2v) is 12.7. The molecule has 0 spiro atoms. The van der Waals surface area contributed by atoms with Gasteiger partial charge in [0.15, 0.2) is 0 Å². The Balaban J connectivity index is 0.000000310. The Hall–Kier alpha value is -0.0313. The minimum absolute atomic E-state index is 0.0394. The molecule has 0 saturated carbocycles. The van der Waals surface area contributed by atoms with Crippen molar-refractivity contribution < 1.29 is 9.90 Å². The van der Waals surface area contributed by atoms with Gasteiger partial charge in [-0.05, 0) is 11.4 Å². The molecule has 0 aliphatic carbocycles. The molecule has 0 aliphatic rings. The second kappa shape index (κ2) is 7.38. The van der Waals surface area contributed by atoms with Gasteiger partial charge >= 0.3 is 34.6 Å². The summed E-state index contributed by atoms with van der Waals surface area (Å²) in [6.45, 7) is 0. The van der Waals surface area contributed by atoms with E-state index >= 15 is 0 Å². The summed E-state index contributed by atoms with van der Waals surface area (Å²) in [5.41, 5.74) is 0. The zero-order valence-corrected chi connectivity index (χ0v) is 11.8. The van der Waals surface area contributed by atoms with E-state index in [0.29, 0.717) is 0 Å². The van der Waals surface area contributed by atoms with Crippen LogP contribution in [0.1, 0.15) is 4.88 Å². The quantitative estimate of drug-likeness (QED) is 0.775. The fourth-order valence-corrected chi connectivity index (χ4v) is 1.25. The number of thiophene rings is 1. The van der Waals surface area contributed by atoms with Crippen LogP contribution in [0.4, 0.5) is 0 Å². The number of hydrogen-bond donors (Lipinski definition) is 0. The number of rotatable bonds is 2. The molecular formula is C9H14O2SSn. The fourth-order valence-electron chi connectivity index (χ4n) is 0.555. The molecule has 0 saturated heterocycles. The molecule has 0 aliphatic heterocycles. The van der Waals surface area contributed by atoms with E-state index in [1.807, 2.05) is 11.4 Å². The molecule has 0 unspecified atom stereocenters. The Morgan fingerprint density at radius 3 is 2.38 bits per heavy atom. The number of carboxylic acids is 1. The van der Waals surface area contributed by atoms with Crippen LogP contribution >= 0.6 is 11.3 Å². The maximum atomic E-state index is 9.96. The van der Waals surface area contributed by atoms with Crippen molar-refractivity contribution >= 4 is 37.1 Å². The molecule has 0 atom stereocenters. The van der Waals surface area contributed by atoms with Crippen LogP contribution in [0.15, 0.2) is 17.5 Å². The standard InChI is InChI=1S/C6H6O2S.3CH3.Sn/c7-6(8)4-5-2-1-3-9-5;;;;/h1-3H,4H2,(H,7,8);3*1H3;/q;;;;+1/p-1. The van der Waals surface area contributed by atoms with Crippen molar-refractivity contribution in [1.29, 1.82) is 0 Å². The van der Waals surface area contributed by atoms with Crippen LogP contribution < -0.4 is 5.11 Å². The Morgan fingerprint density at radius 1 is 1.54 bits per heavy atom. The van der Waals surface area contributed by atoms with Crippen molar-refractivity contribution in [2.75, 3.05) is 0 Å². The molecule has 0 radical (unpaired) electrons. The van der Waals surface area contributed by atoms with Gasteiger partial charge in [0.25, 0.3) is 0 Å². The van der Waals surface area contributed by atoms with Gasteiger partial charge in [0, 0.05) is 17.3 Å². The van der Waals surface area contributed by atoms with Crippen LogP contribution in [0.3, 0.4) is 0 Å². The first-order valence-corrected chi connectivity index (χ1v) is 13.5. The molecule has 1 heterocycles. The Labute approximate surface area is 90.3 Å². The molecule has 1 rings (SSSR count). The summed E-state index contributed by atoms with van der Waals surface area (Å²) >= 11 is 0.887. The van der Waals surface area contributed by atoms with Crippen molar-refractivity contribution in [3.63, 3.8) is 0 Å². The van der Waals surface area contributed by atoms with Crippen LogP contribution in [0.25, 0.3) is 0 Å². The molecule has 1 aromatic rings. The van der Waals surface area contributed by atoms with Crippen molar-refractivity contribution in [2.24, 2.45) is 0 Å². The first-order valence-electron chi connectivity index (χ1n) is 4.01. The molecule has 0 aromatic carbocycles. The van der Waals surface area contributed by atoms with Gasteiger partial charge in [-0.15, -0.1) is 11.3 Å². The normalized spacial score (nSPS) is 8.54. The van der Waals surface area contributed by atoms with E-state index in [-0.39, 0.29) is 6.42 Å². The molecule has 2 nitrogen and oxygen atoms in total. The molecule has 13 heavy (non-hydrogen) atoms. The molecule has 4 heteroatoms. The molecule has 72 valence electrons. The fraction of sp³-hybridized carbons (Fsp3) is 0.444. The Bertz CT molecular complexity index is 229.